The molecule has 0 aromatic carbocycles. The van der Waals surface area contributed by atoms with Gasteiger partial charge in [-0.15, -0.1) is 0 Å². The molecular formula is C11H17NO3. The zero-order valence-electron chi connectivity index (χ0n) is 9.23. The second-order valence-corrected chi connectivity index (χ2v) is 3.89. The lowest BCUT2D eigenvalue weighted by atomic mass is 10.2. The van der Waals surface area contributed by atoms with Gasteiger partial charge in [-0.05, 0) is 12.8 Å². The summed E-state index contributed by atoms with van der Waals surface area (Å²) in [4.78, 5) is 4.12. The molecule has 4 nitrogen and oxygen atoms in total. The summed E-state index contributed by atoms with van der Waals surface area (Å²) < 4.78 is 16.2. The van der Waals surface area contributed by atoms with Gasteiger partial charge in [-0.2, -0.15) is 0 Å². The Bertz CT molecular complexity index is 288. The molecule has 1 saturated carbocycles. The Morgan fingerprint density at radius 2 is 2.33 bits per heavy atom. The van der Waals surface area contributed by atoms with Gasteiger partial charge in [0, 0.05) is 25.8 Å². The van der Waals surface area contributed by atoms with Gasteiger partial charge in [-0.1, -0.05) is 0 Å². The predicted octanol–water partition coefficient (Wildman–Crippen LogP) is 1.37. The van der Waals surface area contributed by atoms with Crippen LogP contribution >= 0.6 is 0 Å². The molecule has 0 aromatic heterocycles. The lowest BCUT2D eigenvalue weighted by Crippen LogP contribution is -2.25. The summed E-state index contributed by atoms with van der Waals surface area (Å²) in [7, 11) is 3.37. The monoisotopic (exact) mass is 211 g/mol. The van der Waals surface area contributed by atoms with Crippen LogP contribution in [0.25, 0.3) is 0 Å². The SMILES string of the molecule is COCCCOC12CC1C=NC=C2OC. The highest BCUT2D eigenvalue weighted by Gasteiger charge is 2.60. The molecule has 0 aromatic rings. The third-order valence-electron chi connectivity index (χ3n) is 2.91. The lowest BCUT2D eigenvalue weighted by Gasteiger charge is -2.21. The van der Waals surface area contributed by atoms with Crippen molar-refractivity contribution in [3.63, 3.8) is 0 Å². The van der Waals surface area contributed by atoms with E-state index in [1.807, 2.05) is 6.21 Å². The summed E-state index contributed by atoms with van der Waals surface area (Å²) in [6.45, 7) is 1.44. The quantitative estimate of drug-likeness (QED) is 0.623. The largest absolute Gasteiger partial charge is 0.496 e. The van der Waals surface area contributed by atoms with Crippen molar-refractivity contribution in [2.75, 3.05) is 27.4 Å². The number of methoxy groups -OCH3 is 2. The molecule has 15 heavy (non-hydrogen) atoms. The first-order valence-electron chi connectivity index (χ1n) is 5.24. The molecule has 0 saturated heterocycles. The van der Waals surface area contributed by atoms with E-state index in [0.717, 1.165) is 25.2 Å². The van der Waals surface area contributed by atoms with Gasteiger partial charge in [-0.3, -0.25) is 4.99 Å². The smallest absolute Gasteiger partial charge is 0.146 e. The topological polar surface area (TPSA) is 40.0 Å². The molecule has 0 spiro atoms. The first kappa shape index (κ1) is 10.6. The molecule has 4 heteroatoms. The third kappa shape index (κ3) is 1.92. The molecular weight excluding hydrogens is 194 g/mol. The van der Waals surface area contributed by atoms with Crippen LogP contribution in [-0.4, -0.2) is 39.2 Å². The van der Waals surface area contributed by atoms with Crippen LogP contribution in [0.15, 0.2) is 17.0 Å². The molecule has 0 N–H and O–H groups in total. The van der Waals surface area contributed by atoms with Crippen LogP contribution in [0.5, 0.6) is 0 Å². The summed E-state index contributed by atoms with van der Waals surface area (Å²) in [6.07, 6.45) is 5.60. The second-order valence-electron chi connectivity index (χ2n) is 3.89. The van der Waals surface area contributed by atoms with E-state index in [9.17, 15) is 0 Å². The van der Waals surface area contributed by atoms with Crippen LogP contribution < -0.4 is 0 Å². The Morgan fingerprint density at radius 1 is 1.47 bits per heavy atom. The lowest BCUT2D eigenvalue weighted by molar-refractivity contribution is 0.00592. The van der Waals surface area contributed by atoms with Crippen molar-refractivity contribution in [2.45, 2.75) is 18.4 Å². The fourth-order valence-corrected chi connectivity index (χ4v) is 1.97. The van der Waals surface area contributed by atoms with E-state index in [1.165, 1.54) is 0 Å². The van der Waals surface area contributed by atoms with Crippen molar-refractivity contribution in [2.24, 2.45) is 10.9 Å². The summed E-state index contributed by atoms with van der Waals surface area (Å²) >= 11 is 0. The molecule has 2 unspecified atom stereocenters. The first-order valence-corrected chi connectivity index (χ1v) is 5.24. The Hall–Kier alpha value is -0.870. The van der Waals surface area contributed by atoms with Crippen LogP contribution in [0.4, 0.5) is 0 Å². The summed E-state index contributed by atoms with van der Waals surface area (Å²) in [6, 6.07) is 0. The van der Waals surface area contributed by atoms with Gasteiger partial charge >= 0.3 is 0 Å². The molecule has 0 bridgehead atoms. The summed E-state index contributed by atoms with van der Waals surface area (Å²) in [5.41, 5.74) is -0.204. The van der Waals surface area contributed by atoms with Gasteiger partial charge in [0.15, 0.2) is 0 Å². The number of nitrogens with zero attached hydrogens (tertiary/aromatic N) is 1. The second kappa shape index (κ2) is 4.33. The summed E-state index contributed by atoms with van der Waals surface area (Å²) in [5, 5.41) is 0. The maximum atomic E-state index is 5.89. The molecule has 1 fully saturated rings. The number of aliphatic imine (C=N–C) groups is 1. The Balaban J connectivity index is 1.86. The zero-order chi connectivity index (χ0) is 10.7. The number of hydrogen-bond acceptors (Lipinski definition) is 4. The van der Waals surface area contributed by atoms with Gasteiger partial charge in [0.25, 0.3) is 0 Å². The van der Waals surface area contributed by atoms with E-state index in [2.05, 4.69) is 4.99 Å². The highest BCUT2D eigenvalue weighted by Crippen LogP contribution is 2.52. The Morgan fingerprint density at radius 3 is 3.07 bits per heavy atom. The maximum absolute atomic E-state index is 5.89. The number of rotatable bonds is 6. The standard InChI is InChI=1S/C11H17NO3/c1-13-4-3-5-15-11-6-9(11)7-12-8-10(11)14-2/h7-9H,3-6H2,1-2H3. The van der Waals surface area contributed by atoms with Crippen molar-refractivity contribution in [3.8, 4) is 0 Å². The van der Waals surface area contributed by atoms with Gasteiger partial charge in [0.05, 0.1) is 19.9 Å². The van der Waals surface area contributed by atoms with E-state index >= 15 is 0 Å². The van der Waals surface area contributed by atoms with E-state index < -0.39 is 0 Å². The zero-order valence-corrected chi connectivity index (χ0v) is 9.23. The minimum Gasteiger partial charge on any atom is -0.496 e. The first-order chi connectivity index (χ1) is 7.33. The molecule has 2 atom stereocenters. The Labute approximate surface area is 89.9 Å². The van der Waals surface area contributed by atoms with Crippen LogP contribution in [0.3, 0.4) is 0 Å². The van der Waals surface area contributed by atoms with Gasteiger partial charge in [-0.25, -0.2) is 0 Å². The minimum absolute atomic E-state index is 0.204. The van der Waals surface area contributed by atoms with Crippen LogP contribution in [0.2, 0.25) is 0 Å². The Kier molecular flexibility index (Phi) is 3.07. The van der Waals surface area contributed by atoms with Crippen LogP contribution in [0.1, 0.15) is 12.8 Å². The summed E-state index contributed by atoms with van der Waals surface area (Å²) in [5.74, 6) is 1.26. The average molecular weight is 211 g/mol. The van der Waals surface area contributed by atoms with Gasteiger partial charge in [0.1, 0.15) is 11.4 Å². The van der Waals surface area contributed by atoms with E-state index in [0.29, 0.717) is 12.5 Å². The normalized spacial score (nSPS) is 32.1. The third-order valence-corrected chi connectivity index (χ3v) is 2.91. The molecule has 2 rings (SSSR count). The number of fused-ring (bicyclic) bond motifs is 1. The maximum Gasteiger partial charge on any atom is 0.146 e. The van der Waals surface area contributed by atoms with E-state index in [1.54, 1.807) is 20.4 Å². The van der Waals surface area contributed by atoms with Crippen LogP contribution in [-0.2, 0) is 14.2 Å². The molecule has 0 amide bonds. The number of ether oxygens (including phenoxy) is 3. The fourth-order valence-electron chi connectivity index (χ4n) is 1.97. The van der Waals surface area contributed by atoms with Crippen molar-refractivity contribution >= 4 is 6.21 Å². The molecule has 1 aliphatic heterocycles. The highest BCUT2D eigenvalue weighted by atomic mass is 16.5. The molecule has 1 heterocycles. The molecule has 2 aliphatic rings. The number of hydrogen-bond donors (Lipinski definition) is 0. The molecule has 1 aliphatic carbocycles. The van der Waals surface area contributed by atoms with Crippen molar-refractivity contribution in [1.29, 1.82) is 0 Å². The van der Waals surface area contributed by atoms with Gasteiger partial charge in [0.2, 0.25) is 0 Å². The molecule has 84 valence electrons. The van der Waals surface area contributed by atoms with Crippen molar-refractivity contribution in [1.82, 2.24) is 0 Å². The van der Waals surface area contributed by atoms with Crippen molar-refractivity contribution in [3.05, 3.63) is 12.0 Å². The predicted molar refractivity (Wildman–Crippen MR) is 56.9 cm³/mol. The molecule has 0 radical (unpaired) electrons. The minimum atomic E-state index is -0.204. The highest BCUT2D eigenvalue weighted by molar-refractivity contribution is 5.72. The van der Waals surface area contributed by atoms with Crippen molar-refractivity contribution < 1.29 is 14.2 Å². The van der Waals surface area contributed by atoms with E-state index in [-0.39, 0.29) is 5.60 Å². The average Bonchev–Trinajstić information content (AvgIpc) is 2.98. The van der Waals surface area contributed by atoms with E-state index in [4.69, 9.17) is 14.2 Å². The van der Waals surface area contributed by atoms with Gasteiger partial charge < -0.3 is 14.2 Å². The fraction of sp³-hybridized carbons (Fsp3) is 0.727. The van der Waals surface area contributed by atoms with Crippen LogP contribution in [0, 0.1) is 5.92 Å².